The Kier molecular flexibility index (Phi) is 2.86. The molecule has 4 N–H and O–H groups in total. The molecule has 0 bridgehead atoms. The summed E-state index contributed by atoms with van der Waals surface area (Å²) in [4.78, 5) is 2.89. The Morgan fingerprint density at radius 1 is 1.40 bits per heavy atom. The van der Waals surface area contributed by atoms with Crippen LogP contribution in [0.1, 0.15) is 12.1 Å². The van der Waals surface area contributed by atoms with Gasteiger partial charge in [-0.15, -0.1) is 0 Å². The van der Waals surface area contributed by atoms with E-state index in [-0.39, 0.29) is 0 Å². The summed E-state index contributed by atoms with van der Waals surface area (Å²) >= 11 is 0. The fourth-order valence-corrected chi connectivity index (χ4v) is 1.45. The van der Waals surface area contributed by atoms with Crippen molar-refractivity contribution in [2.75, 3.05) is 5.73 Å². The summed E-state index contributed by atoms with van der Waals surface area (Å²) in [5, 5.41) is 3.28. The van der Waals surface area contributed by atoms with Gasteiger partial charge in [-0.05, 0) is 6.07 Å². The first-order valence-corrected chi connectivity index (χ1v) is 5.05. The van der Waals surface area contributed by atoms with Crippen LogP contribution in [0.15, 0.2) is 11.1 Å². The van der Waals surface area contributed by atoms with Crippen molar-refractivity contribution in [3.05, 3.63) is 17.6 Å². The predicted octanol–water partition coefficient (Wildman–Crippen LogP) is 0.388. The van der Waals surface area contributed by atoms with Gasteiger partial charge in [0, 0.05) is 0 Å². The van der Waals surface area contributed by atoms with Crippen LogP contribution in [0.4, 0.5) is 18.9 Å². The Bertz CT molecular complexity index is 489. The molecule has 0 atom stereocenters. The summed E-state index contributed by atoms with van der Waals surface area (Å²) in [5.41, 5.74) is 3.30. The second-order valence-corrected chi connectivity index (χ2v) is 4.08. The summed E-state index contributed by atoms with van der Waals surface area (Å²) in [6.45, 7) is 0. The van der Waals surface area contributed by atoms with Crippen LogP contribution >= 0.6 is 0 Å². The summed E-state index contributed by atoms with van der Waals surface area (Å²) in [6.07, 6.45) is -3.06. The molecule has 1 rings (SSSR count). The number of hydrogen-bond acceptors (Lipinski definition) is 4. The average molecular weight is 241 g/mol. The molecule has 0 fully saturated rings. The van der Waals surface area contributed by atoms with Crippen molar-refractivity contribution in [3.8, 4) is 0 Å². The number of anilines is 1. The Hall–Kier alpha value is -1.35. The number of rotatable bonds is 2. The third-order valence-electron chi connectivity index (χ3n) is 1.47. The normalized spacial score (nSPS) is 12.1. The number of nitrogen functional groups attached to an aromatic ring is 1. The van der Waals surface area contributed by atoms with Crippen LogP contribution in [0, 0.1) is 5.82 Å². The van der Waals surface area contributed by atoms with E-state index >= 15 is 0 Å². The SMILES string of the molecule is Nc1cc(C(F)F)nc(S(N)(=O)=O)c1F. The van der Waals surface area contributed by atoms with E-state index in [9.17, 15) is 21.6 Å². The fourth-order valence-electron chi connectivity index (χ4n) is 0.845. The maximum atomic E-state index is 13.0. The average Bonchev–Trinajstić information content (AvgIpc) is 2.06. The molecular weight excluding hydrogens is 235 g/mol. The van der Waals surface area contributed by atoms with Crippen molar-refractivity contribution in [3.63, 3.8) is 0 Å². The van der Waals surface area contributed by atoms with E-state index in [0.29, 0.717) is 6.07 Å². The Balaban J connectivity index is 3.52. The summed E-state index contributed by atoms with van der Waals surface area (Å²) in [5.74, 6) is -1.43. The minimum Gasteiger partial charge on any atom is -0.396 e. The molecular formula is C6H6F3N3O2S. The van der Waals surface area contributed by atoms with Gasteiger partial charge in [-0.3, -0.25) is 0 Å². The lowest BCUT2D eigenvalue weighted by atomic mass is 10.3. The van der Waals surface area contributed by atoms with Gasteiger partial charge < -0.3 is 5.73 Å². The van der Waals surface area contributed by atoms with E-state index in [1.54, 1.807) is 0 Å². The molecule has 0 aliphatic heterocycles. The second-order valence-electron chi connectivity index (χ2n) is 2.60. The molecule has 1 heterocycles. The van der Waals surface area contributed by atoms with Crippen LogP contribution in [-0.2, 0) is 10.0 Å². The molecule has 0 aliphatic rings. The molecule has 9 heteroatoms. The van der Waals surface area contributed by atoms with Crippen molar-refractivity contribution in [2.24, 2.45) is 5.14 Å². The van der Waals surface area contributed by atoms with E-state index < -0.39 is 38.7 Å². The molecule has 0 spiro atoms. The van der Waals surface area contributed by atoms with Gasteiger partial charge in [0.15, 0.2) is 5.82 Å². The molecule has 1 aromatic heterocycles. The first-order valence-electron chi connectivity index (χ1n) is 3.50. The van der Waals surface area contributed by atoms with E-state index in [1.165, 1.54) is 0 Å². The Labute approximate surface area is 83.0 Å². The summed E-state index contributed by atoms with van der Waals surface area (Å²) in [6, 6.07) is 0.550. The highest BCUT2D eigenvalue weighted by atomic mass is 32.2. The molecule has 5 nitrogen and oxygen atoms in total. The van der Waals surface area contributed by atoms with Gasteiger partial charge in [-0.2, -0.15) is 0 Å². The number of pyridine rings is 1. The van der Waals surface area contributed by atoms with Gasteiger partial charge in [0.2, 0.25) is 5.03 Å². The van der Waals surface area contributed by atoms with E-state index in [2.05, 4.69) is 10.1 Å². The Morgan fingerprint density at radius 3 is 2.33 bits per heavy atom. The summed E-state index contributed by atoms with van der Waals surface area (Å²) < 4.78 is 58.9. The first-order chi connectivity index (χ1) is 6.73. The van der Waals surface area contributed by atoms with Gasteiger partial charge in [0.05, 0.1) is 5.69 Å². The quantitative estimate of drug-likeness (QED) is 0.782. The lowest BCUT2D eigenvalue weighted by molar-refractivity contribution is 0.145. The molecule has 0 unspecified atom stereocenters. The number of nitrogens with two attached hydrogens (primary N) is 2. The first kappa shape index (κ1) is 11.7. The molecule has 0 aromatic carbocycles. The molecule has 0 aliphatic carbocycles. The zero-order valence-corrected chi connectivity index (χ0v) is 7.93. The molecule has 15 heavy (non-hydrogen) atoms. The van der Waals surface area contributed by atoms with Gasteiger partial charge in [-0.1, -0.05) is 0 Å². The number of halogens is 3. The minimum atomic E-state index is -4.51. The Morgan fingerprint density at radius 2 is 1.93 bits per heavy atom. The minimum absolute atomic E-state index is 0.550. The van der Waals surface area contributed by atoms with Gasteiger partial charge in [0.1, 0.15) is 5.69 Å². The van der Waals surface area contributed by atoms with Crippen LogP contribution in [0.3, 0.4) is 0 Å². The lowest BCUT2D eigenvalue weighted by Crippen LogP contribution is -2.18. The molecule has 0 saturated heterocycles. The number of hydrogen-bond donors (Lipinski definition) is 2. The van der Waals surface area contributed by atoms with Crippen LogP contribution in [0.5, 0.6) is 0 Å². The van der Waals surface area contributed by atoms with Crippen molar-refractivity contribution in [1.29, 1.82) is 0 Å². The molecule has 0 saturated carbocycles. The molecule has 1 aromatic rings. The summed E-state index contributed by atoms with van der Waals surface area (Å²) in [7, 11) is -4.51. The topological polar surface area (TPSA) is 99.1 Å². The third kappa shape index (κ3) is 2.36. The van der Waals surface area contributed by atoms with Crippen molar-refractivity contribution < 1.29 is 21.6 Å². The fraction of sp³-hybridized carbons (Fsp3) is 0.167. The molecule has 0 amide bonds. The number of nitrogens with zero attached hydrogens (tertiary/aromatic N) is 1. The number of primary sulfonamides is 1. The van der Waals surface area contributed by atoms with Gasteiger partial charge in [0.25, 0.3) is 16.4 Å². The standard InChI is InChI=1S/C6H6F3N3O2S/c7-4-2(10)1-3(5(8)9)12-6(4)15(11,13)14/h1,5H,(H2,10,12)(H2,11,13,14). The number of aromatic nitrogens is 1. The van der Waals surface area contributed by atoms with Crippen LogP contribution in [0.2, 0.25) is 0 Å². The van der Waals surface area contributed by atoms with Crippen LogP contribution in [-0.4, -0.2) is 13.4 Å². The highest BCUT2D eigenvalue weighted by Gasteiger charge is 2.22. The van der Waals surface area contributed by atoms with E-state index in [1.807, 2.05) is 0 Å². The van der Waals surface area contributed by atoms with Gasteiger partial charge >= 0.3 is 0 Å². The highest BCUT2D eigenvalue weighted by Crippen LogP contribution is 2.24. The number of sulfonamides is 1. The highest BCUT2D eigenvalue weighted by molar-refractivity contribution is 7.89. The van der Waals surface area contributed by atoms with Crippen molar-refractivity contribution in [1.82, 2.24) is 4.98 Å². The maximum absolute atomic E-state index is 13.0. The smallest absolute Gasteiger partial charge is 0.280 e. The largest absolute Gasteiger partial charge is 0.396 e. The zero-order valence-electron chi connectivity index (χ0n) is 7.12. The molecule has 84 valence electrons. The van der Waals surface area contributed by atoms with E-state index in [4.69, 9.17) is 5.73 Å². The monoisotopic (exact) mass is 241 g/mol. The third-order valence-corrected chi connectivity index (χ3v) is 2.28. The zero-order chi connectivity index (χ0) is 11.8. The second kappa shape index (κ2) is 3.66. The van der Waals surface area contributed by atoms with Crippen molar-refractivity contribution >= 4 is 15.7 Å². The number of alkyl halides is 2. The van der Waals surface area contributed by atoms with Crippen LogP contribution in [0.25, 0.3) is 0 Å². The lowest BCUT2D eigenvalue weighted by Gasteiger charge is -2.05. The predicted molar refractivity (Wildman–Crippen MR) is 44.9 cm³/mol. The molecule has 0 radical (unpaired) electrons. The maximum Gasteiger partial charge on any atom is 0.280 e. The van der Waals surface area contributed by atoms with Crippen LogP contribution < -0.4 is 10.9 Å². The van der Waals surface area contributed by atoms with Crippen molar-refractivity contribution in [2.45, 2.75) is 11.5 Å². The van der Waals surface area contributed by atoms with Gasteiger partial charge in [-0.25, -0.2) is 31.7 Å². The van der Waals surface area contributed by atoms with E-state index in [0.717, 1.165) is 0 Å².